The molecule has 1 unspecified atom stereocenters. The van der Waals surface area contributed by atoms with Gasteiger partial charge < -0.3 is 9.47 Å². The number of amides is 2. The predicted octanol–water partition coefficient (Wildman–Crippen LogP) is 5.48. The van der Waals surface area contributed by atoms with Crippen molar-refractivity contribution >= 4 is 29.9 Å². The van der Waals surface area contributed by atoms with Crippen LogP contribution >= 0.6 is 0 Å². The predicted molar refractivity (Wildman–Crippen MR) is 134 cm³/mol. The van der Waals surface area contributed by atoms with Gasteiger partial charge in [0.15, 0.2) is 11.5 Å². The number of nitrogens with zero attached hydrogens (tertiary/aromatic N) is 1. The first kappa shape index (κ1) is 24.0. The Morgan fingerprint density at radius 1 is 0.829 bits per heavy atom. The number of carbonyl (C=O) groups excluding carboxylic acids is 3. The molecule has 0 N–H and O–H groups in total. The molecule has 3 aromatic carbocycles. The Balaban J connectivity index is 1.57. The molecule has 6 heteroatoms. The van der Waals surface area contributed by atoms with Crippen LogP contribution in [0.15, 0.2) is 72.8 Å². The number of methoxy groups -OCH3 is 1. The summed E-state index contributed by atoms with van der Waals surface area (Å²) < 4.78 is 11.2. The summed E-state index contributed by atoms with van der Waals surface area (Å²) in [4.78, 5) is 40.3. The molecule has 1 aliphatic rings. The second kappa shape index (κ2) is 10.4. The molecular formula is C29H27NO5. The molecule has 178 valence electrons. The van der Waals surface area contributed by atoms with Gasteiger partial charge in [-0.1, -0.05) is 74.5 Å². The fourth-order valence-corrected chi connectivity index (χ4v) is 4.05. The van der Waals surface area contributed by atoms with E-state index in [4.69, 9.17) is 9.47 Å². The zero-order valence-corrected chi connectivity index (χ0v) is 19.9. The topological polar surface area (TPSA) is 72.9 Å². The molecule has 0 aromatic heterocycles. The molecule has 6 nitrogen and oxygen atoms in total. The van der Waals surface area contributed by atoms with E-state index in [1.165, 1.54) is 7.11 Å². The van der Waals surface area contributed by atoms with Gasteiger partial charge in [-0.2, -0.15) is 0 Å². The van der Waals surface area contributed by atoms with Gasteiger partial charge in [0.05, 0.1) is 18.2 Å². The molecule has 1 aliphatic heterocycles. The first-order chi connectivity index (χ1) is 16.9. The summed E-state index contributed by atoms with van der Waals surface area (Å²) in [6.45, 7) is 3.85. The van der Waals surface area contributed by atoms with Gasteiger partial charge >= 0.3 is 5.97 Å². The lowest BCUT2D eigenvalue weighted by atomic mass is 10.0. The Hall–Kier alpha value is -4.19. The minimum absolute atomic E-state index is 0.0456. The van der Waals surface area contributed by atoms with Gasteiger partial charge in [-0.3, -0.25) is 14.5 Å². The van der Waals surface area contributed by atoms with Crippen molar-refractivity contribution in [1.82, 2.24) is 4.90 Å². The van der Waals surface area contributed by atoms with Crippen LogP contribution in [-0.4, -0.2) is 35.8 Å². The monoisotopic (exact) mass is 469 g/mol. The zero-order valence-electron chi connectivity index (χ0n) is 19.9. The standard InChI is InChI=1S/C29H27NO5/c1-19(2)17-24(30-27(31)22-11-7-8-12-23(22)28(30)32)29(33)35-25-16-15-21(18-26(25)34-3)14-13-20-9-5-4-6-10-20/h4-16,18-19,24H,17H2,1-3H3. The van der Waals surface area contributed by atoms with Crippen LogP contribution in [0.4, 0.5) is 0 Å². The Labute approximate surface area is 204 Å². The first-order valence-electron chi connectivity index (χ1n) is 11.5. The van der Waals surface area contributed by atoms with Crippen molar-refractivity contribution in [3.8, 4) is 11.5 Å². The molecule has 0 radical (unpaired) electrons. The van der Waals surface area contributed by atoms with Crippen LogP contribution < -0.4 is 9.47 Å². The van der Waals surface area contributed by atoms with Crippen molar-refractivity contribution in [3.05, 3.63) is 95.1 Å². The highest BCUT2D eigenvalue weighted by molar-refractivity contribution is 6.22. The van der Waals surface area contributed by atoms with Crippen LogP contribution in [-0.2, 0) is 4.79 Å². The minimum atomic E-state index is -1.05. The van der Waals surface area contributed by atoms with Gasteiger partial charge in [0.1, 0.15) is 6.04 Å². The Morgan fingerprint density at radius 2 is 1.43 bits per heavy atom. The average molecular weight is 470 g/mol. The molecule has 2 amide bonds. The van der Waals surface area contributed by atoms with Gasteiger partial charge in [0.25, 0.3) is 11.8 Å². The van der Waals surface area contributed by atoms with Gasteiger partial charge in [0.2, 0.25) is 0 Å². The largest absolute Gasteiger partial charge is 0.493 e. The summed E-state index contributed by atoms with van der Waals surface area (Å²) in [6.07, 6.45) is 4.19. The second-order valence-electron chi connectivity index (χ2n) is 8.75. The van der Waals surface area contributed by atoms with Crippen LogP contribution in [0, 0.1) is 5.92 Å². The summed E-state index contributed by atoms with van der Waals surface area (Å²) in [5, 5.41) is 0. The number of carbonyl (C=O) groups is 3. The molecule has 0 aliphatic carbocycles. The molecule has 0 fully saturated rings. The molecule has 0 spiro atoms. The number of rotatable bonds is 8. The molecule has 0 saturated carbocycles. The van der Waals surface area contributed by atoms with Crippen molar-refractivity contribution in [1.29, 1.82) is 0 Å². The number of imide groups is 1. The lowest BCUT2D eigenvalue weighted by Crippen LogP contribution is -2.47. The Kier molecular flexibility index (Phi) is 7.11. The smallest absolute Gasteiger partial charge is 0.334 e. The number of hydrogen-bond donors (Lipinski definition) is 0. The van der Waals surface area contributed by atoms with Crippen LogP contribution in [0.2, 0.25) is 0 Å². The molecular weight excluding hydrogens is 442 g/mol. The van der Waals surface area contributed by atoms with Crippen molar-refractivity contribution < 1.29 is 23.9 Å². The van der Waals surface area contributed by atoms with Crippen molar-refractivity contribution in [2.45, 2.75) is 26.3 Å². The molecule has 0 bridgehead atoms. The zero-order chi connectivity index (χ0) is 24.9. The normalized spacial score (nSPS) is 13.9. The average Bonchev–Trinajstić information content (AvgIpc) is 3.12. The summed E-state index contributed by atoms with van der Waals surface area (Å²) in [7, 11) is 1.49. The lowest BCUT2D eigenvalue weighted by Gasteiger charge is -2.26. The first-order valence-corrected chi connectivity index (χ1v) is 11.5. The second-order valence-corrected chi connectivity index (χ2v) is 8.75. The molecule has 3 aromatic rings. The van der Waals surface area contributed by atoms with Crippen LogP contribution in [0.25, 0.3) is 12.2 Å². The van der Waals surface area contributed by atoms with Crippen molar-refractivity contribution in [2.75, 3.05) is 7.11 Å². The summed E-state index contributed by atoms with van der Waals surface area (Å²) in [5.41, 5.74) is 2.52. The fraction of sp³-hybridized carbons (Fsp3) is 0.207. The number of benzene rings is 3. The van der Waals surface area contributed by atoms with Crippen molar-refractivity contribution in [2.24, 2.45) is 5.92 Å². The highest BCUT2D eigenvalue weighted by Gasteiger charge is 2.43. The summed E-state index contributed by atoms with van der Waals surface area (Å²) in [5.74, 6) is -1.01. The maximum atomic E-state index is 13.3. The summed E-state index contributed by atoms with van der Waals surface area (Å²) >= 11 is 0. The van der Waals surface area contributed by atoms with E-state index >= 15 is 0 Å². The lowest BCUT2D eigenvalue weighted by molar-refractivity contribution is -0.139. The quantitative estimate of drug-likeness (QED) is 0.189. The van der Waals surface area contributed by atoms with E-state index in [2.05, 4.69) is 0 Å². The number of fused-ring (bicyclic) bond motifs is 1. The minimum Gasteiger partial charge on any atom is -0.493 e. The maximum absolute atomic E-state index is 13.3. The SMILES string of the molecule is COc1cc(C=Cc2ccccc2)ccc1OC(=O)C(CC(C)C)N1C(=O)c2ccccc2C1=O. The van der Waals surface area contributed by atoms with Gasteiger partial charge in [-0.15, -0.1) is 0 Å². The van der Waals surface area contributed by atoms with Gasteiger partial charge in [0, 0.05) is 0 Å². The van der Waals surface area contributed by atoms with Crippen LogP contribution in [0.3, 0.4) is 0 Å². The van der Waals surface area contributed by atoms with E-state index in [1.54, 1.807) is 36.4 Å². The molecule has 1 heterocycles. The molecule has 35 heavy (non-hydrogen) atoms. The highest BCUT2D eigenvalue weighted by atomic mass is 16.6. The number of esters is 1. The van der Waals surface area contributed by atoms with E-state index in [0.29, 0.717) is 16.9 Å². The molecule has 0 saturated heterocycles. The fourth-order valence-electron chi connectivity index (χ4n) is 4.05. The van der Waals surface area contributed by atoms with E-state index in [0.717, 1.165) is 16.0 Å². The third-order valence-electron chi connectivity index (χ3n) is 5.77. The third kappa shape index (κ3) is 5.17. The van der Waals surface area contributed by atoms with Gasteiger partial charge in [-0.05, 0) is 47.7 Å². The molecule has 1 atom stereocenters. The van der Waals surface area contributed by atoms with Gasteiger partial charge in [-0.25, -0.2) is 4.79 Å². The van der Waals surface area contributed by atoms with E-state index in [1.807, 2.05) is 62.4 Å². The maximum Gasteiger partial charge on any atom is 0.334 e. The summed E-state index contributed by atoms with van der Waals surface area (Å²) in [6, 6.07) is 20.6. The van der Waals surface area contributed by atoms with Crippen molar-refractivity contribution in [3.63, 3.8) is 0 Å². The Bertz CT molecular complexity index is 1240. The van der Waals surface area contributed by atoms with E-state index in [9.17, 15) is 14.4 Å². The number of hydrogen-bond acceptors (Lipinski definition) is 5. The van der Waals surface area contributed by atoms with E-state index < -0.39 is 23.8 Å². The molecule has 4 rings (SSSR count). The van der Waals surface area contributed by atoms with Crippen LogP contribution in [0.1, 0.15) is 52.1 Å². The Morgan fingerprint density at radius 3 is 2.03 bits per heavy atom. The number of ether oxygens (including phenoxy) is 2. The third-order valence-corrected chi connectivity index (χ3v) is 5.77. The van der Waals surface area contributed by atoms with E-state index in [-0.39, 0.29) is 18.1 Å². The highest BCUT2D eigenvalue weighted by Crippen LogP contribution is 2.32. The van der Waals surface area contributed by atoms with Crippen LogP contribution in [0.5, 0.6) is 11.5 Å².